The number of primary amides is 1. The molecular weight excluding hydrogens is 426 g/mol. The Morgan fingerprint density at radius 2 is 1.78 bits per heavy atom. The second kappa shape index (κ2) is 10.1. The van der Waals surface area contributed by atoms with Gasteiger partial charge in [0.2, 0.25) is 5.91 Å². The van der Waals surface area contributed by atoms with Crippen LogP contribution in [0.3, 0.4) is 0 Å². The predicted octanol–water partition coefficient (Wildman–Crippen LogP) is 5.02. The summed E-state index contributed by atoms with van der Waals surface area (Å²) in [4.78, 5) is 24.3. The molecule has 2 amide bonds. The molecule has 0 aliphatic rings. The molecule has 0 saturated carbocycles. The van der Waals surface area contributed by atoms with Gasteiger partial charge in [-0.1, -0.05) is 61.8 Å². The molecule has 0 radical (unpaired) electrons. The lowest BCUT2D eigenvalue weighted by atomic mass is 9.90. The minimum atomic E-state index is -0.450. The smallest absolute Gasteiger partial charge is 0.271 e. The average Bonchev–Trinajstić information content (AvgIpc) is 2.79. The van der Waals surface area contributed by atoms with Crippen LogP contribution in [0.25, 0.3) is 16.3 Å². The van der Waals surface area contributed by atoms with Gasteiger partial charge < -0.3 is 10.8 Å². The number of aromatic hydroxyl groups is 1. The SMILES string of the molecule is CCC(C(N)=O)=C(CC)c1ccc(C=NNC(=O)c2ccc(O)c(Cl)c2)c2ccccc12. The van der Waals surface area contributed by atoms with E-state index in [4.69, 9.17) is 17.3 Å². The van der Waals surface area contributed by atoms with E-state index in [1.54, 1.807) is 6.21 Å². The first-order chi connectivity index (χ1) is 15.4. The van der Waals surface area contributed by atoms with Gasteiger partial charge in [0, 0.05) is 16.7 Å². The van der Waals surface area contributed by atoms with Crippen LogP contribution in [0, 0.1) is 0 Å². The van der Waals surface area contributed by atoms with E-state index in [2.05, 4.69) is 10.5 Å². The van der Waals surface area contributed by atoms with Crippen molar-refractivity contribution in [1.29, 1.82) is 0 Å². The molecule has 4 N–H and O–H groups in total. The highest BCUT2D eigenvalue weighted by Gasteiger charge is 2.15. The lowest BCUT2D eigenvalue weighted by Gasteiger charge is -2.15. The Morgan fingerprint density at radius 1 is 1.06 bits per heavy atom. The van der Waals surface area contributed by atoms with Crippen LogP contribution < -0.4 is 11.2 Å². The number of carbonyl (C=O) groups is 2. The summed E-state index contributed by atoms with van der Waals surface area (Å²) in [6.07, 6.45) is 2.80. The molecule has 0 fully saturated rings. The molecule has 0 atom stereocenters. The van der Waals surface area contributed by atoms with Crippen LogP contribution in [-0.4, -0.2) is 23.1 Å². The summed E-state index contributed by atoms with van der Waals surface area (Å²) in [5.41, 5.74) is 11.7. The number of phenolic OH excluding ortho intramolecular Hbond substituents is 1. The van der Waals surface area contributed by atoms with E-state index >= 15 is 0 Å². The monoisotopic (exact) mass is 449 g/mol. The fraction of sp³-hybridized carbons (Fsp3) is 0.160. The number of halogens is 1. The zero-order valence-electron chi connectivity index (χ0n) is 17.9. The molecule has 3 aromatic rings. The summed E-state index contributed by atoms with van der Waals surface area (Å²) < 4.78 is 0. The van der Waals surface area contributed by atoms with Crippen LogP contribution in [-0.2, 0) is 4.79 Å². The number of hydrogen-bond acceptors (Lipinski definition) is 4. The molecule has 0 unspecified atom stereocenters. The quantitative estimate of drug-likeness (QED) is 0.268. The molecule has 0 aliphatic heterocycles. The number of hydrogen-bond donors (Lipinski definition) is 3. The Labute approximate surface area is 191 Å². The number of phenols is 1. The first kappa shape index (κ1) is 23.0. The van der Waals surface area contributed by atoms with Crippen molar-refractivity contribution in [1.82, 2.24) is 5.43 Å². The summed E-state index contributed by atoms with van der Waals surface area (Å²) in [6.45, 7) is 3.92. The molecule has 32 heavy (non-hydrogen) atoms. The Balaban J connectivity index is 1.96. The van der Waals surface area contributed by atoms with Crippen molar-refractivity contribution in [2.75, 3.05) is 0 Å². The molecule has 3 rings (SSSR count). The summed E-state index contributed by atoms with van der Waals surface area (Å²) in [6, 6.07) is 15.8. The van der Waals surface area contributed by atoms with E-state index in [9.17, 15) is 14.7 Å². The van der Waals surface area contributed by atoms with Crippen LogP contribution in [0.2, 0.25) is 5.02 Å². The van der Waals surface area contributed by atoms with Crippen LogP contribution in [0.4, 0.5) is 0 Å². The number of rotatable bonds is 7. The Hall–Kier alpha value is -3.64. The van der Waals surface area contributed by atoms with Gasteiger partial charge in [0.05, 0.1) is 11.2 Å². The fourth-order valence-corrected chi connectivity index (χ4v) is 3.85. The molecular formula is C25H24ClN3O3. The molecule has 0 bridgehead atoms. The van der Waals surface area contributed by atoms with Gasteiger partial charge in [-0.15, -0.1) is 0 Å². The first-order valence-electron chi connectivity index (χ1n) is 10.2. The summed E-state index contributed by atoms with van der Waals surface area (Å²) in [7, 11) is 0. The first-order valence-corrected chi connectivity index (χ1v) is 10.6. The molecule has 0 spiro atoms. The summed E-state index contributed by atoms with van der Waals surface area (Å²) in [5.74, 6) is -0.952. The third-order valence-electron chi connectivity index (χ3n) is 5.23. The van der Waals surface area contributed by atoms with Gasteiger partial charge in [0.1, 0.15) is 5.75 Å². The maximum atomic E-state index is 12.3. The van der Waals surface area contributed by atoms with Crippen LogP contribution >= 0.6 is 11.6 Å². The summed E-state index contributed by atoms with van der Waals surface area (Å²) in [5, 5.41) is 15.6. The zero-order chi connectivity index (χ0) is 23.3. The van der Waals surface area contributed by atoms with Crippen molar-refractivity contribution >= 4 is 46.0 Å². The molecule has 6 nitrogen and oxygen atoms in total. The van der Waals surface area contributed by atoms with Crippen LogP contribution in [0.15, 0.2) is 65.3 Å². The number of nitrogens with two attached hydrogens (primary N) is 1. The van der Waals surface area contributed by atoms with Gasteiger partial charge in [-0.2, -0.15) is 5.10 Å². The third kappa shape index (κ3) is 4.81. The van der Waals surface area contributed by atoms with E-state index in [-0.39, 0.29) is 16.3 Å². The van der Waals surface area contributed by atoms with Gasteiger partial charge in [-0.3, -0.25) is 9.59 Å². The van der Waals surface area contributed by atoms with Crippen LogP contribution in [0.5, 0.6) is 5.75 Å². The van der Waals surface area contributed by atoms with Gasteiger partial charge in [0.25, 0.3) is 5.91 Å². The number of benzene rings is 3. The second-order valence-electron chi connectivity index (χ2n) is 7.14. The van der Waals surface area contributed by atoms with E-state index < -0.39 is 11.8 Å². The van der Waals surface area contributed by atoms with E-state index in [0.717, 1.165) is 27.5 Å². The zero-order valence-corrected chi connectivity index (χ0v) is 18.6. The van der Waals surface area contributed by atoms with Crippen molar-refractivity contribution in [3.8, 4) is 5.75 Å². The topological polar surface area (TPSA) is 105 Å². The number of allylic oxidation sites excluding steroid dienone is 1. The number of amides is 2. The Bertz CT molecular complexity index is 1250. The Morgan fingerprint density at radius 3 is 2.41 bits per heavy atom. The van der Waals surface area contributed by atoms with Crippen molar-refractivity contribution in [3.63, 3.8) is 0 Å². The van der Waals surface area contributed by atoms with Crippen molar-refractivity contribution in [2.24, 2.45) is 10.8 Å². The summed E-state index contributed by atoms with van der Waals surface area (Å²) >= 11 is 5.86. The fourth-order valence-electron chi connectivity index (χ4n) is 3.67. The van der Waals surface area contributed by atoms with Gasteiger partial charge >= 0.3 is 0 Å². The molecule has 164 valence electrons. The molecule has 0 aromatic heterocycles. The highest BCUT2D eigenvalue weighted by molar-refractivity contribution is 6.32. The molecule has 3 aromatic carbocycles. The minimum Gasteiger partial charge on any atom is -0.506 e. The van der Waals surface area contributed by atoms with Crippen LogP contribution in [0.1, 0.15) is 48.2 Å². The number of fused-ring (bicyclic) bond motifs is 1. The van der Waals surface area contributed by atoms with Gasteiger partial charge in [-0.25, -0.2) is 5.43 Å². The normalized spacial score (nSPS) is 12.1. The van der Waals surface area contributed by atoms with E-state index in [0.29, 0.717) is 18.4 Å². The van der Waals surface area contributed by atoms with Crippen molar-refractivity contribution < 1.29 is 14.7 Å². The van der Waals surface area contributed by atoms with Crippen molar-refractivity contribution in [3.05, 3.63) is 81.9 Å². The number of hydrazone groups is 1. The molecule has 7 heteroatoms. The molecule has 0 heterocycles. The van der Waals surface area contributed by atoms with E-state index in [1.807, 2.05) is 50.2 Å². The number of carbonyl (C=O) groups excluding carboxylic acids is 2. The number of nitrogens with zero attached hydrogens (tertiary/aromatic N) is 1. The standard InChI is InChI=1S/C25H24ClN3O3/c1-3-17(18(4-2)24(27)31)21-11-9-16(19-7-5-6-8-20(19)21)14-28-29-25(32)15-10-12-23(30)22(26)13-15/h5-14,30H,3-4H2,1-2H3,(H2,27,31)(H,29,32). The number of nitrogens with one attached hydrogen (secondary N) is 1. The third-order valence-corrected chi connectivity index (χ3v) is 5.53. The highest BCUT2D eigenvalue weighted by atomic mass is 35.5. The average molecular weight is 450 g/mol. The maximum Gasteiger partial charge on any atom is 0.271 e. The maximum absolute atomic E-state index is 12.3. The van der Waals surface area contributed by atoms with Crippen molar-refractivity contribution in [2.45, 2.75) is 26.7 Å². The lowest BCUT2D eigenvalue weighted by Crippen LogP contribution is -2.17. The lowest BCUT2D eigenvalue weighted by molar-refractivity contribution is -0.114. The molecule has 0 aliphatic carbocycles. The minimum absolute atomic E-state index is 0.0883. The van der Waals surface area contributed by atoms with Gasteiger partial charge in [0.15, 0.2) is 0 Å². The highest BCUT2D eigenvalue weighted by Crippen LogP contribution is 2.32. The molecule has 0 saturated heterocycles. The second-order valence-corrected chi connectivity index (χ2v) is 7.55. The van der Waals surface area contributed by atoms with E-state index in [1.165, 1.54) is 18.2 Å². The largest absolute Gasteiger partial charge is 0.506 e. The Kier molecular flexibility index (Phi) is 7.28. The predicted molar refractivity (Wildman–Crippen MR) is 129 cm³/mol. The van der Waals surface area contributed by atoms with Gasteiger partial charge in [-0.05, 0) is 52.9 Å².